The van der Waals surface area contributed by atoms with E-state index < -0.39 is 11.9 Å². The number of carboxylic acid groups (broad SMARTS) is 1. The van der Waals surface area contributed by atoms with E-state index in [9.17, 15) is 4.79 Å². The van der Waals surface area contributed by atoms with Crippen molar-refractivity contribution in [1.29, 1.82) is 0 Å². The zero-order valence-electron chi connectivity index (χ0n) is 10.4. The summed E-state index contributed by atoms with van der Waals surface area (Å²) >= 11 is 1.54. The minimum Gasteiger partial charge on any atom is -0.481 e. The summed E-state index contributed by atoms with van der Waals surface area (Å²) in [6.45, 7) is 1.99. The lowest BCUT2D eigenvalue weighted by atomic mass is 10.1. The lowest BCUT2D eigenvalue weighted by Gasteiger charge is -2.10. The predicted octanol–water partition coefficient (Wildman–Crippen LogP) is 2.15. The number of rotatable bonds is 4. The highest BCUT2D eigenvalue weighted by atomic mass is 32.1. The van der Waals surface area contributed by atoms with Gasteiger partial charge in [-0.15, -0.1) is 11.3 Å². The summed E-state index contributed by atoms with van der Waals surface area (Å²) in [6, 6.07) is 0.0181. The molecule has 7 heteroatoms. The van der Waals surface area contributed by atoms with E-state index in [2.05, 4.69) is 20.3 Å². The van der Waals surface area contributed by atoms with E-state index in [1.165, 1.54) is 0 Å². The average molecular weight is 278 g/mol. The monoisotopic (exact) mass is 278 g/mol. The smallest absolute Gasteiger partial charge is 0.312 e. The third-order valence-electron chi connectivity index (χ3n) is 3.29. The number of hydrogen-bond acceptors (Lipinski definition) is 5. The van der Waals surface area contributed by atoms with Gasteiger partial charge in [-0.2, -0.15) is 0 Å². The van der Waals surface area contributed by atoms with Crippen LogP contribution >= 0.6 is 11.3 Å². The molecule has 2 aromatic heterocycles. The Morgan fingerprint density at radius 1 is 1.68 bits per heavy atom. The fourth-order valence-electron chi connectivity index (χ4n) is 2.30. The molecule has 0 saturated heterocycles. The van der Waals surface area contributed by atoms with E-state index in [1.807, 2.05) is 6.92 Å². The summed E-state index contributed by atoms with van der Waals surface area (Å²) in [4.78, 5) is 23.9. The van der Waals surface area contributed by atoms with Gasteiger partial charge in [0.2, 0.25) is 0 Å². The van der Waals surface area contributed by atoms with Crippen LogP contribution in [-0.2, 0) is 11.2 Å². The third kappa shape index (κ3) is 2.21. The number of hydrogen-bond donors (Lipinski definition) is 3. The second kappa shape index (κ2) is 4.65. The molecule has 3 rings (SSSR count). The molecule has 0 saturated carbocycles. The largest absolute Gasteiger partial charge is 0.481 e. The zero-order valence-corrected chi connectivity index (χ0v) is 11.2. The lowest BCUT2D eigenvalue weighted by Crippen LogP contribution is -2.10. The Morgan fingerprint density at radius 2 is 2.53 bits per heavy atom. The van der Waals surface area contributed by atoms with E-state index in [0.29, 0.717) is 6.42 Å². The fraction of sp³-hybridized carbons (Fsp3) is 0.417. The van der Waals surface area contributed by atoms with Crippen LogP contribution in [0.15, 0.2) is 12.4 Å². The van der Waals surface area contributed by atoms with Gasteiger partial charge in [0.05, 0.1) is 11.7 Å². The third-order valence-corrected chi connectivity index (χ3v) is 4.35. The Labute approximate surface area is 113 Å². The molecule has 0 radical (unpaired) electrons. The van der Waals surface area contributed by atoms with E-state index in [1.54, 1.807) is 23.7 Å². The van der Waals surface area contributed by atoms with Crippen LogP contribution < -0.4 is 5.32 Å². The van der Waals surface area contributed by atoms with Gasteiger partial charge in [0, 0.05) is 17.3 Å². The number of H-pyrrole nitrogens is 1. The predicted molar refractivity (Wildman–Crippen MR) is 71.4 cm³/mol. The molecule has 2 unspecified atom stereocenters. The number of imidazole rings is 1. The number of aromatic nitrogens is 3. The number of aliphatic carboxylic acids is 1. The molecule has 100 valence electrons. The number of carboxylic acids is 1. The van der Waals surface area contributed by atoms with Crippen LogP contribution in [0.4, 0.5) is 5.13 Å². The van der Waals surface area contributed by atoms with Gasteiger partial charge in [-0.05, 0) is 19.8 Å². The van der Waals surface area contributed by atoms with Gasteiger partial charge in [-0.1, -0.05) is 0 Å². The lowest BCUT2D eigenvalue weighted by molar-refractivity contribution is -0.138. The van der Waals surface area contributed by atoms with Crippen molar-refractivity contribution < 1.29 is 9.90 Å². The molecular formula is C12H14N4O2S. The first kappa shape index (κ1) is 12.2. The first-order valence-corrected chi connectivity index (χ1v) is 6.95. The van der Waals surface area contributed by atoms with Crippen LogP contribution in [0.3, 0.4) is 0 Å². The van der Waals surface area contributed by atoms with E-state index in [0.717, 1.165) is 27.9 Å². The second-order valence-corrected chi connectivity index (χ2v) is 5.68. The summed E-state index contributed by atoms with van der Waals surface area (Å²) in [5.74, 6) is -0.388. The average Bonchev–Trinajstić information content (AvgIpc) is 3.03. The fourth-order valence-corrected chi connectivity index (χ4v) is 3.42. The van der Waals surface area contributed by atoms with E-state index in [4.69, 9.17) is 5.11 Å². The Balaban J connectivity index is 1.77. The van der Waals surface area contributed by atoms with Crippen LogP contribution in [0.5, 0.6) is 0 Å². The molecule has 0 amide bonds. The topological polar surface area (TPSA) is 90.9 Å². The summed E-state index contributed by atoms with van der Waals surface area (Å²) in [5.41, 5.74) is 0.728. The van der Waals surface area contributed by atoms with Crippen molar-refractivity contribution in [3.8, 4) is 0 Å². The highest BCUT2D eigenvalue weighted by Gasteiger charge is 2.32. The van der Waals surface area contributed by atoms with Crippen molar-refractivity contribution in [2.45, 2.75) is 31.7 Å². The quantitative estimate of drug-likeness (QED) is 0.797. The summed E-state index contributed by atoms with van der Waals surface area (Å²) in [7, 11) is 0. The van der Waals surface area contributed by atoms with E-state index in [-0.39, 0.29) is 6.04 Å². The minimum atomic E-state index is -0.783. The first-order valence-electron chi connectivity index (χ1n) is 6.13. The van der Waals surface area contributed by atoms with Crippen molar-refractivity contribution in [2.75, 3.05) is 5.32 Å². The van der Waals surface area contributed by atoms with Crippen molar-refractivity contribution in [3.63, 3.8) is 0 Å². The molecule has 2 atom stereocenters. The Hall–Kier alpha value is -1.89. The van der Waals surface area contributed by atoms with Gasteiger partial charge in [0.25, 0.3) is 0 Å². The highest BCUT2D eigenvalue weighted by molar-refractivity contribution is 7.15. The van der Waals surface area contributed by atoms with Gasteiger partial charge in [-0.25, -0.2) is 9.97 Å². The number of aromatic amines is 1. The van der Waals surface area contributed by atoms with Crippen LogP contribution in [0.25, 0.3) is 0 Å². The molecule has 2 aromatic rings. The van der Waals surface area contributed by atoms with Crippen molar-refractivity contribution in [3.05, 3.63) is 28.8 Å². The van der Waals surface area contributed by atoms with Gasteiger partial charge in [0.15, 0.2) is 5.13 Å². The van der Waals surface area contributed by atoms with Gasteiger partial charge in [-0.3, -0.25) is 4.79 Å². The molecule has 0 aromatic carbocycles. The molecule has 0 aliphatic heterocycles. The van der Waals surface area contributed by atoms with Crippen LogP contribution in [0.2, 0.25) is 0 Å². The molecule has 19 heavy (non-hydrogen) atoms. The van der Waals surface area contributed by atoms with Crippen molar-refractivity contribution in [2.24, 2.45) is 0 Å². The maximum absolute atomic E-state index is 11.1. The van der Waals surface area contributed by atoms with Crippen molar-refractivity contribution in [1.82, 2.24) is 15.0 Å². The molecule has 3 N–H and O–H groups in total. The number of nitrogens with one attached hydrogen (secondary N) is 2. The summed E-state index contributed by atoms with van der Waals surface area (Å²) in [6.07, 6.45) is 4.95. The van der Waals surface area contributed by atoms with Crippen LogP contribution in [0, 0.1) is 0 Å². The Kier molecular flexibility index (Phi) is 2.98. The van der Waals surface area contributed by atoms with Crippen LogP contribution in [0.1, 0.15) is 41.7 Å². The zero-order chi connectivity index (χ0) is 13.4. The van der Waals surface area contributed by atoms with E-state index >= 15 is 0 Å². The van der Waals surface area contributed by atoms with Gasteiger partial charge >= 0.3 is 5.97 Å². The molecule has 2 heterocycles. The normalized spacial score (nSPS) is 19.1. The molecular weight excluding hydrogens is 264 g/mol. The summed E-state index contributed by atoms with van der Waals surface area (Å²) in [5, 5.41) is 13.1. The summed E-state index contributed by atoms with van der Waals surface area (Å²) < 4.78 is 0. The standard InChI is InChI=1S/C12H14N4O2S/c1-6(10-13-4-5-14-10)15-12-16-9-7(11(17)18)2-3-8(9)19-12/h4-7H,2-3H2,1H3,(H,13,14)(H,15,16)(H,17,18). The van der Waals surface area contributed by atoms with Gasteiger partial charge in [0.1, 0.15) is 11.7 Å². The maximum Gasteiger partial charge on any atom is 0.312 e. The molecule has 0 fully saturated rings. The molecule has 1 aliphatic carbocycles. The number of anilines is 1. The number of carbonyl (C=O) groups is 1. The number of fused-ring (bicyclic) bond motifs is 1. The van der Waals surface area contributed by atoms with Crippen molar-refractivity contribution >= 4 is 22.4 Å². The highest BCUT2D eigenvalue weighted by Crippen LogP contribution is 2.39. The van der Waals surface area contributed by atoms with Crippen LogP contribution in [-0.4, -0.2) is 26.0 Å². The molecule has 0 bridgehead atoms. The first-order chi connectivity index (χ1) is 9.15. The molecule has 1 aliphatic rings. The van der Waals surface area contributed by atoms with Gasteiger partial charge < -0.3 is 15.4 Å². The second-order valence-electron chi connectivity index (χ2n) is 4.60. The SMILES string of the molecule is CC(Nc1nc2c(s1)CCC2C(=O)O)c1ncc[nH]1. The number of thiazole rings is 1. The number of nitrogens with zero attached hydrogens (tertiary/aromatic N) is 2. The Bertz CT molecular complexity index is 593. The maximum atomic E-state index is 11.1. The Morgan fingerprint density at radius 3 is 3.21 bits per heavy atom. The molecule has 0 spiro atoms. The number of aryl methyl sites for hydroxylation is 1. The molecule has 6 nitrogen and oxygen atoms in total. The minimum absolute atomic E-state index is 0.0181.